The van der Waals surface area contributed by atoms with Crippen LogP contribution in [0, 0.1) is 23.7 Å². The Balaban J connectivity index is 1.28. The summed E-state index contributed by atoms with van der Waals surface area (Å²) < 4.78 is 52.3. The maximum atomic E-state index is 14.5. The molecule has 1 aromatic carbocycles. The Morgan fingerprint density at radius 3 is 2.21 bits per heavy atom. The molecule has 6 N–H and O–H groups in total. The third-order valence-corrected chi connectivity index (χ3v) is 17.0. The first kappa shape index (κ1) is 66.6. The molecule has 3 aliphatic rings. The van der Waals surface area contributed by atoms with Crippen LogP contribution in [0.5, 0.6) is 0 Å². The van der Waals surface area contributed by atoms with E-state index in [9.17, 15) is 49.9 Å². The average Bonchev–Trinajstić information content (AvgIpc) is 3.42. The van der Waals surface area contributed by atoms with Crippen LogP contribution in [0.4, 0.5) is 0 Å². The van der Waals surface area contributed by atoms with Crippen LogP contribution in [0.25, 0.3) is 10.9 Å². The fourth-order valence-corrected chi connectivity index (χ4v) is 12.1. The molecule has 3 fully saturated rings. The Labute approximate surface area is 471 Å². The Hall–Kier alpha value is -4.17. The van der Waals surface area contributed by atoms with Crippen LogP contribution in [0.2, 0.25) is 0 Å². The third-order valence-electron chi connectivity index (χ3n) is 17.0. The first-order chi connectivity index (χ1) is 37.5. The second-order valence-corrected chi connectivity index (χ2v) is 23.6. The van der Waals surface area contributed by atoms with Crippen molar-refractivity contribution in [2.45, 2.75) is 212 Å². The number of pyridine rings is 1. The van der Waals surface area contributed by atoms with Crippen LogP contribution in [-0.4, -0.2) is 208 Å². The number of rotatable bonds is 20. The summed E-state index contributed by atoms with van der Waals surface area (Å²) in [5, 5.41) is 72.0. The van der Waals surface area contributed by atoms with Gasteiger partial charge >= 0.3 is 17.9 Å². The molecule has 0 radical (unpaired) electrons. The number of carboxylic acid groups (broad SMARTS) is 1. The number of esters is 2. The number of aromatic nitrogens is 1. The van der Waals surface area contributed by atoms with Gasteiger partial charge in [0.05, 0.1) is 66.3 Å². The topological polar surface area (TPSA) is 287 Å². The number of nitrogens with zero attached hydrogens (tertiary/aromatic N) is 4. The standard InChI is InChI=1S/C58H94N4O18/c1-16-43-58(11,71)50(66)34(5)46(59-72)32(3)29-56(9,70)51(80-55-48(65)42(60(12)13)27-33(4)75-55)35(6)49(36(7)54(69)77-43)79-45-30-57(10,73-15)52(37(8)76-45)78-44(63)22-23-61(14)24-26-74-25-18-19-38-20-21-41-39(28-38)47(64)40(53(67)68)31-62(41)17-2/h20-21,28,31-37,42-43,45,48-52,55,65-66,70-72H,16-19,22-27,29-30H2,1-15H3,(H,67,68)/b59-46+/t32-,33-,34-,35+,36-,37+,42+,43-,45+,48-,49+,50-,51-,52+,55-,56-,57-,58-/m1/s1. The number of aliphatic hydroxyl groups is 4. The molecule has 5 rings (SSSR count). The van der Waals surface area contributed by atoms with Gasteiger partial charge in [-0.2, -0.15) is 0 Å². The molecule has 3 saturated heterocycles. The number of methoxy groups -OCH3 is 1. The number of fused-ring (bicyclic) bond motifs is 1. The minimum Gasteiger partial charge on any atom is -0.477 e. The number of hydrogen-bond acceptors (Lipinski definition) is 20. The van der Waals surface area contributed by atoms with Crippen LogP contribution in [0.15, 0.2) is 34.3 Å². The molecule has 18 atom stereocenters. The number of likely N-dealkylation sites (N-methyl/N-ethyl adjacent to an activating group) is 2. The molecular weight excluding hydrogens is 1040 g/mol. The molecule has 1 aromatic heterocycles. The fourth-order valence-electron chi connectivity index (χ4n) is 12.1. The van der Waals surface area contributed by atoms with Crippen molar-refractivity contribution < 1.29 is 83.0 Å². The lowest BCUT2D eigenvalue weighted by Gasteiger charge is -2.49. The number of ether oxygens (including phenoxy) is 8. The lowest BCUT2D eigenvalue weighted by Crippen LogP contribution is -2.61. The second-order valence-electron chi connectivity index (χ2n) is 23.6. The summed E-state index contributed by atoms with van der Waals surface area (Å²) in [6.07, 6.45) is -7.61. The molecular formula is C58H94N4O18. The molecule has 0 unspecified atom stereocenters. The minimum atomic E-state index is -2.03. The van der Waals surface area contributed by atoms with Gasteiger partial charge in [-0.05, 0) is 119 Å². The maximum absolute atomic E-state index is 14.5. The number of aryl methyl sites for hydroxylation is 2. The Bertz CT molecular complexity index is 2470. The molecule has 4 heterocycles. The van der Waals surface area contributed by atoms with E-state index in [1.54, 1.807) is 59.1 Å². The van der Waals surface area contributed by atoms with Crippen LogP contribution >= 0.6 is 0 Å². The van der Waals surface area contributed by atoms with Crippen molar-refractivity contribution in [3.63, 3.8) is 0 Å². The van der Waals surface area contributed by atoms with Gasteiger partial charge in [0.1, 0.15) is 29.0 Å². The van der Waals surface area contributed by atoms with Gasteiger partial charge in [0.15, 0.2) is 18.7 Å². The van der Waals surface area contributed by atoms with Crippen molar-refractivity contribution in [3.05, 3.63) is 45.7 Å². The summed E-state index contributed by atoms with van der Waals surface area (Å²) in [7, 11) is 7.04. The van der Waals surface area contributed by atoms with E-state index in [-0.39, 0.29) is 49.1 Å². The van der Waals surface area contributed by atoms with Crippen molar-refractivity contribution in [2.24, 2.45) is 28.8 Å². The number of aromatic carboxylic acids is 1. The second kappa shape index (κ2) is 28.4. The Kier molecular flexibility index (Phi) is 23.7. The van der Waals surface area contributed by atoms with E-state index < -0.39 is 119 Å². The molecule has 3 aliphatic heterocycles. The molecule has 0 spiro atoms. The highest BCUT2D eigenvalue weighted by molar-refractivity contribution is 5.92. The number of carbonyl (C=O) groups excluding carboxylic acids is 2. The first-order valence-corrected chi connectivity index (χ1v) is 28.4. The zero-order valence-electron chi connectivity index (χ0n) is 49.8. The zero-order chi connectivity index (χ0) is 59.8. The SMILES string of the molecule is CC[C@H]1OC(=O)[C@H](C)[C@@H](O[C@H]2C[C@@](C)(OC)[C@@H](OC(=O)CCN(C)CCOCCCc3ccc4c(c3)c(=O)c(C(=O)O)cn4CC)[C@H](C)O2)[C@H](C)[C@@H](O[C@H]2O[C@H](C)C[C@H](N(C)C)[C@H]2O)[C@](C)(O)C[C@@H](C)/C(=N\O)[C@@H](C)[C@@H](O)[C@]1(C)O. The van der Waals surface area contributed by atoms with Gasteiger partial charge in [0.2, 0.25) is 5.43 Å². The van der Waals surface area contributed by atoms with E-state index >= 15 is 0 Å². The fraction of sp³-hybridized carbons (Fsp3) is 0.776. The normalized spacial score (nSPS) is 36.5. The first-order valence-electron chi connectivity index (χ1n) is 28.4. The molecule has 0 bridgehead atoms. The van der Waals surface area contributed by atoms with E-state index in [1.807, 2.05) is 56.9 Å². The Morgan fingerprint density at radius 2 is 1.60 bits per heavy atom. The van der Waals surface area contributed by atoms with Gasteiger partial charge in [-0.1, -0.05) is 38.9 Å². The molecule has 0 saturated carbocycles. The summed E-state index contributed by atoms with van der Waals surface area (Å²) in [6.45, 7) is 20.7. The minimum absolute atomic E-state index is 0.0111. The van der Waals surface area contributed by atoms with Crippen molar-refractivity contribution in [1.29, 1.82) is 0 Å². The highest BCUT2D eigenvalue weighted by Gasteiger charge is 2.54. The molecule has 0 amide bonds. The number of benzene rings is 1. The van der Waals surface area contributed by atoms with Crippen LogP contribution in [0.3, 0.4) is 0 Å². The largest absolute Gasteiger partial charge is 0.477 e. The summed E-state index contributed by atoms with van der Waals surface area (Å²) in [6, 6.07) is 5.16. The molecule has 22 nitrogen and oxygen atoms in total. The van der Waals surface area contributed by atoms with Crippen molar-refractivity contribution >= 4 is 34.5 Å². The van der Waals surface area contributed by atoms with E-state index in [0.29, 0.717) is 63.0 Å². The number of aliphatic hydroxyl groups excluding tert-OH is 2. The summed E-state index contributed by atoms with van der Waals surface area (Å²) >= 11 is 0. The molecule has 0 aliphatic carbocycles. The van der Waals surface area contributed by atoms with E-state index in [2.05, 4.69) is 5.16 Å². The summed E-state index contributed by atoms with van der Waals surface area (Å²) in [5.74, 6) is -6.31. The predicted molar refractivity (Wildman–Crippen MR) is 296 cm³/mol. The molecule has 22 heteroatoms. The third kappa shape index (κ3) is 15.7. The zero-order valence-corrected chi connectivity index (χ0v) is 49.8. The van der Waals surface area contributed by atoms with Gasteiger partial charge in [-0.25, -0.2) is 4.79 Å². The molecule has 454 valence electrons. The van der Waals surface area contributed by atoms with Gasteiger partial charge < -0.3 is 83.0 Å². The van der Waals surface area contributed by atoms with Crippen LogP contribution in [0.1, 0.15) is 131 Å². The van der Waals surface area contributed by atoms with E-state index in [4.69, 9.17) is 37.9 Å². The Morgan fingerprint density at radius 1 is 0.912 bits per heavy atom. The van der Waals surface area contributed by atoms with E-state index in [1.165, 1.54) is 27.2 Å². The van der Waals surface area contributed by atoms with Crippen LogP contribution in [-0.2, 0) is 60.4 Å². The lowest BCUT2D eigenvalue weighted by atomic mass is 9.73. The monoisotopic (exact) mass is 1130 g/mol. The predicted octanol–water partition coefficient (Wildman–Crippen LogP) is 4.60. The van der Waals surface area contributed by atoms with Gasteiger partial charge in [-0.15, -0.1) is 0 Å². The number of hydrogen-bond donors (Lipinski definition) is 6. The number of carboxylic acids is 1. The van der Waals surface area contributed by atoms with Crippen molar-refractivity contribution in [3.8, 4) is 0 Å². The van der Waals surface area contributed by atoms with Crippen molar-refractivity contribution in [2.75, 3.05) is 54.6 Å². The smallest absolute Gasteiger partial charge is 0.341 e. The number of carbonyl (C=O) groups is 3. The van der Waals surface area contributed by atoms with Gasteiger partial charge in [-0.3, -0.25) is 14.4 Å². The molecule has 2 aromatic rings. The highest BCUT2D eigenvalue weighted by Crippen LogP contribution is 2.42. The van der Waals surface area contributed by atoms with Crippen molar-refractivity contribution in [1.82, 2.24) is 14.4 Å². The van der Waals surface area contributed by atoms with Gasteiger partial charge in [0, 0.05) is 75.2 Å². The highest BCUT2D eigenvalue weighted by atomic mass is 16.7. The average molecular weight is 1140 g/mol. The van der Waals surface area contributed by atoms with Gasteiger partial charge in [0.25, 0.3) is 0 Å². The van der Waals surface area contributed by atoms with E-state index in [0.717, 1.165) is 5.56 Å². The van der Waals surface area contributed by atoms with Crippen LogP contribution < -0.4 is 5.43 Å². The summed E-state index contributed by atoms with van der Waals surface area (Å²) in [4.78, 5) is 56.6. The quantitative estimate of drug-likeness (QED) is 0.0457. The summed E-state index contributed by atoms with van der Waals surface area (Å²) in [5.41, 5.74) is -4.16. The molecule has 80 heavy (non-hydrogen) atoms. The number of oxime groups is 1. The lowest BCUT2D eigenvalue weighted by molar-refractivity contribution is -0.318. The maximum Gasteiger partial charge on any atom is 0.341 e. The number of cyclic esters (lactones) is 1.